The molecule has 0 saturated carbocycles. The Morgan fingerprint density at radius 1 is 0.344 bits per heavy atom. The Hall–Kier alpha value is -7.94. The topological polar surface area (TPSA) is 6.48 Å². The molecule has 2 nitrogen and oxygen atoms in total. The summed E-state index contributed by atoms with van der Waals surface area (Å²) in [5.74, 6) is 0. The zero-order chi connectivity index (χ0) is 43.2. The maximum atomic E-state index is 2.50. The standard InChI is InChI=1S/C62H50N2/c1-45-43-59(63(55-31-23-51(24-32-55)47-15-7-3-8-16-47)56-33-25-52(26-34-56)48-17-9-4-10-18-48)39-41-61(45)62-42-40-60(44-46(62)2)64(57-35-27-53(28-36-57)49-19-11-5-12-20-49)58-37-29-54(30-38-58)50-21-13-6-14-22-50/h3-43,60H,44H2,1-2H3. The molecule has 0 saturated heterocycles. The summed E-state index contributed by atoms with van der Waals surface area (Å²) in [5, 5.41) is 0. The van der Waals surface area contributed by atoms with Crippen molar-refractivity contribution in [3.63, 3.8) is 0 Å². The second-order valence-corrected chi connectivity index (χ2v) is 16.7. The van der Waals surface area contributed by atoms with Crippen LogP contribution in [-0.4, -0.2) is 6.04 Å². The zero-order valence-corrected chi connectivity index (χ0v) is 36.4. The second-order valence-electron chi connectivity index (χ2n) is 16.7. The quantitative estimate of drug-likeness (QED) is 0.128. The van der Waals surface area contributed by atoms with Crippen molar-refractivity contribution in [3.8, 4) is 44.5 Å². The summed E-state index contributed by atoms with van der Waals surface area (Å²) in [6.07, 6.45) is 5.67. The molecule has 0 spiro atoms. The van der Waals surface area contributed by atoms with Crippen LogP contribution < -0.4 is 9.80 Å². The van der Waals surface area contributed by atoms with Gasteiger partial charge in [-0.25, -0.2) is 0 Å². The van der Waals surface area contributed by atoms with Gasteiger partial charge in [0, 0.05) is 28.4 Å². The summed E-state index contributed by atoms with van der Waals surface area (Å²) in [5.41, 5.74) is 20.6. The van der Waals surface area contributed by atoms with E-state index in [2.05, 4.69) is 272 Å². The number of hydrogen-bond donors (Lipinski definition) is 0. The van der Waals surface area contributed by atoms with Crippen LogP contribution in [0.3, 0.4) is 0 Å². The minimum atomic E-state index is 0.140. The van der Waals surface area contributed by atoms with Crippen molar-refractivity contribution < 1.29 is 0 Å². The molecular weight excluding hydrogens is 773 g/mol. The molecular formula is C62H50N2. The van der Waals surface area contributed by atoms with Crippen LogP contribution in [0.25, 0.3) is 50.1 Å². The Morgan fingerprint density at radius 3 is 1.02 bits per heavy atom. The molecule has 0 N–H and O–H groups in total. The zero-order valence-electron chi connectivity index (χ0n) is 36.4. The number of nitrogens with zero attached hydrogens (tertiary/aromatic N) is 2. The van der Waals surface area contributed by atoms with E-state index < -0.39 is 0 Å². The molecule has 64 heavy (non-hydrogen) atoms. The highest BCUT2D eigenvalue weighted by molar-refractivity contribution is 5.85. The van der Waals surface area contributed by atoms with E-state index in [-0.39, 0.29) is 6.04 Å². The third-order valence-corrected chi connectivity index (χ3v) is 12.5. The molecule has 0 bridgehead atoms. The third kappa shape index (κ3) is 8.47. The number of benzene rings is 9. The smallest absolute Gasteiger partial charge is 0.0562 e. The summed E-state index contributed by atoms with van der Waals surface area (Å²) in [6.45, 7) is 4.56. The van der Waals surface area contributed by atoms with Crippen LogP contribution in [0.1, 0.15) is 24.5 Å². The molecule has 9 aromatic carbocycles. The van der Waals surface area contributed by atoms with Crippen LogP contribution in [0.2, 0.25) is 0 Å². The molecule has 0 radical (unpaired) electrons. The fraction of sp³-hybridized carbons (Fsp3) is 0.0645. The first kappa shape index (κ1) is 40.2. The first-order chi connectivity index (χ1) is 31.6. The average molecular weight is 823 g/mol. The molecule has 1 aliphatic carbocycles. The van der Waals surface area contributed by atoms with Gasteiger partial charge in [0.1, 0.15) is 0 Å². The van der Waals surface area contributed by atoms with E-state index in [9.17, 15) is 0 Å². The van der Waals surface area contributed by atoms with Crippen molar-refractivity contribution in [2.45, 2.75) is 26.3 Å². The van der Waals surface area contributed by atoms with Gasteiger partial charge in [-0.2, -0.15) is 0 Å². The van der Waals surface area contributed by atoms with E-state index >= 15 is 0 Å². The predicted octanol–water partition coefficient (Wildman–Crippen LogP) is 17.1. The summed E-state index contributed by atoms with van der Waals surface area (Å²) in [6, 6.07) is 85.5. The fourth-order valence-electron chi connectivity index (χ4n) is 9.16. The highest BCUT2D eigenvalue weighted by Gasteiger charge is 2.25. The molecule has 308 valence electrons. The first-order valence-corrected chi connectivity index (χ1v) is 22.3. The van der Waals surface area contributed by atoms with E-state index in [1.54, 1.807) is 0 Å². The molecule has 1 aliphatic rings. The lowest BCUT2D eigenvalue weighted by Crippen LogP contribution is -2.31. The maximum absolute atomic E-state index is 2.50. The molecule has 2 heteroatoms. The molecule has 9 aromatic rings. The Morgan fingerprint density at radius 2 is 0.672 bits per heavy atom. The monoisotopic (exact) mass is 822 g/mol. The van der Waals surface area contributed by atoms with E-state index in [1.165, 1.54) is 78.2 Å². The van der Waals surface area contributed by atoms with Crippen molar-refractivity contribution in [3.05, 3.63) is 265 Å². The van der Waals surface area contributed by atoms with Gasteiger partial charge in [0.2, 0.25) is 0 Å². The molecule has 0 aromatic heterocycles. The van der Waals surface area contributed by atoms with Crippen LogP contribution in [0, 0.1) is 6.92 Å². The average Bonchev–Trinajstić information content (AvgIpc) is 3.36. The van der Waals surface area contributed by atoms with Crippen LogP contribution in [0.5, 0.6) is 0 Å². The molecule has 1 unspecified atom stereocenters. The van der Waals surface area contributed by atoms with Gasteiger partial charge >= 0.3 is 0 Å². The van der Waals surface area contributed by atoms with Crippen LogP contribution in [0.4, 0.5) is 28.4 Å². The lowest BCUT2D eigenvalue weighted by Gasteiger charge is -2.35. The summed E-state index contributed by atoms with van der Waals surface area (Å²) in [7, 11) is 0. The minimum absolute atomic E-state index is 0.140. The Labute approximate surface area is 378 Å². The Kier molecular flexibility index (Phi) is 11.4. The van der Waals surface area contributed by atoms with Crippen LogP contribution in [0.15, 0.2) is 254 Å². The lowest BCUT2D eigenvalue weighted by atomic mass is 9.87. The van der Waals surface area contributed by atoms with Gasteiger partial charge in [0.25, 0.3) is 0 Å². The highest BCUT2D eigenvalue weighted by Crippen LogP contribution is 2.41. The first-order valence-electron chi connectivity index (χ1n) is 22.3. The summed E-state index contributed by atoms with van der Waals surface area (Å²) >= 11 is 0. The summed E-state index contributed by atoms with van der Waals surface area (Å²) < 4.78 is 0. The normalized spacial score (nSPS) is 13.4. The SMILES string of the molecule is CC1=C(c2ccc(N(c3ccc(-c4ccccc4)cc3)c3ccc(-c4ccccc4)cc3)cc2C)C=CC(N(c2ccc(-c3ccccc3)cc2)c2ccc(-c3ccccc3)cc2)C1. The predicted molar refractivity (Wildman–Crippen MR) is 273 cm³/mol. The van der Waals surface area contributed by atoms with E-state index in [0.717, 1.165) is 23.5 Å². The Balaban J connectivity index is 0.964. The van der Waals surface area contributed by atoms with Crippen molar-refractivity contribution in [2.75, 3.05) is 9.80 Å². The van der Waals surface area contributed by atoms with Gasteiger partial charge in [-0.15, -0.1) is 0 Å². The number of rotatable bonds is 11. The molecule has 0 heterocycles. The summed E-state index contributed by atoms with van der Waals surface area (Å²) in [4.78, 5) is 4.87. The van der Waals surface area contributed by atoms with Crippen LogP contribution >= 0.6 is 0 Å². The number of hydrogen-bond acceptors (Lipinski definition) is 2. The number of aryl methyl sites for hydroxylation is 1. The van der Waals surface area contributed by atoms with Gasteiger partial charge in [-0.1, -0.05) is 194 Å². The van der Waals surface area contributed by atoms with Gasteiger partial charge in [-0.05, 0) is 142 Å². The Bertz CT molecular complexity index is 2860. The lowest BCUT2D eigenvalue weighted by molar-refractivity contribution is 0.760. The molecule has 1 atom stereocenters. The van der Waals surface area contributed by atoms with Crippen molar-refractivity contribution in [2.24, 2.45) is 0 Å². The molecule has 0 fully saturated rings. The van der Waals surface area contributed by atoms with E-state index in [0.29, 0.717) is 0 Å². The van der Waals surface area contributed by atoms with Crippen molar-refractivity contribution >= 4 is 34.0 Å². The van der Waals surface area contributed by atoms with Crippen LogP contribution in [-0.2, 0) is 0 Å². The molecule has 10 rings (SSSR count). The molecule has 0 amide bonds. The largest absolute Gasteiger partial charge is 0.334 e. The third-order valence-electron chi connectivity index (χ3n) is 12.5. The number of anilines is 5. The van der Waals surface area contributed by atoms with Gasteiger partial charge in [0.15, 0.2) is 0 Å². The second kappa shape index (κ2) is 18.2. The van der Waals surface area contributed by atoms with E-state index in [1.807, 2.05) is 0 Å². The van der Waals surface area contributed by atoms with E-state index in [4.69, 9.17) is 0 Å². The fourth-order valence-corrected chi connectivity index (χ4v) is 9.16. The minimum Gasteiger partial charge on any atom is -0.334 e. The molecule has 0 aliphatic heterocycles. The number of allylic oxidation sites excluding steroid dienone is 2. The van der Waals surface area contributed by atoms with Crippen molar-refractivity contribution in [1.29, 1.82) is 0 Å². The highest BCUT2D eigenvalue weighted by atomic mass is 15.2. The van der Waals surface area contributed by atoms with Gasteiger partial charge < -0.3 is 9.80 Å². The van der Waals surface area contributed by atoms with Gasteiger partial charge in [0.05, 0.1) is 6.04 Å². The maximum Gasteiger partial charge on any atom is 0.0562 e. The van der Waals surface area contributed by atoms with Crippen molar-refractivity contribution in [1.82, 2.24) is 0 Å². The van der Waals surface area contributed by atoms with Gasteiger partial charge in [-0.3, -0.25) is 0 Å².